The minimum Gasteiger partial charge on any atom is -0.381 e. The first-order valence-electron chi connectivity index (χ1n) is 4.91. The van der Waals surface area contributed by atoms with Gasteiger partial charge in [-0.1, -0.05) is 11.6 Å². The smallest absolute Gasteiger partial charge is 0.144 e. The minimum absolute atomic E-state index is 0.114. The predicted molar refractivity (Wildman–Crippen MR) is 62.3 cm³/mol. The number of aryl methyl sites for hydroxylation is 1. The second kappa shape index (κ2) is 3.27. The highest BCUT2D eigenvalue weighted by Crippen LogP contribution is 2.39. The molecule has 82 valence electrons. The molecule has 0 aliphatic carbocycles. The van der Waals surface area contributed by atoms with E-state index in [1.807, 2.05) is 20.8 Å². The molecule has 1 aliphatic rings. The van der Waals surface area contributed by atoms with Crippen molar-refractivity contribution in [2.24, 2.45) is 0 Å². The van der Waals surface area contributed by atoms with Crippen LogP contribution in [0.5, 0.6) is 0 Å². The van der Waals surface area contributed by atoms with E-state index in [0.29, 0.717) is 5.69 Å². The zero-order chi connectivity index (χ0) is 11.2. The van der Waals surface area contributed by atoms with Gasteiger partial charge >= 0.3 is 0 Å². The van der Waals surface area contributed by atoms with Crippen LogP contribution in [0.15, 0.2) is 6.07 Å². The summed E-state index contributed by atoms with van der Waals surface area (Å²) in [6.07, 6.45) is 0. The van der Waals surface area contributed by atoms with Crippen LogP contribution in [0.1, 0.15) is 19.4 Å². The summed E-state index contributed by atoms with van der Waals surface area (Å²) in [5, 5.41) is 6.69. The summed E-state index contributed by atoms with van der Waals surface area (Å²) in [6, 6.07) is 1.45. The van der Waals surface area contributed by atoms with E-state index in [1.54, 1.807) is 0 Å². The highest BCUT2D eigenvalue weighted by Gasteiger charge is 2.27. The topological polar surface area (TPSA) is 24.1 Å². The van der Waals surface area contributed by atoms with Crippen LogP contribution in [0.2, 0.25) is 5.02 Å². The molecule has 1 aromatic rings. The van der Waals surface area contributed by atoms with E-state index in [-0.39, 0.29) is 16.4 Å². The van der Waals surface area contributed by atoms with Crippen molar-refractivity contribution >= 4 is 23.0 Å². The molecule has 4 heteroatoms. The van der Waals surface area contributed by atoms with E-state index < -0.39 is 0 Å². The third-order valence-electron chi connectivity index (χ3n) is 2.59. The van der Waals surface area contributed by atoms with Crippen molar-refractivity contribution in [2.45, 2.75) is 26.3 Å². The molecule has 2 N–H and O–H groups in total. The number of halogens is 2. The molecule has 2 nitrogen and oxygen atoms in total. The van der Waals surface area contributed by atoms with Crippen molar-refractivity contribution in [3.63, 3.8) is 0 Å². The molecule has 0 unspecified atom stereocenters. The number of fused-ring (bicyclic) bond motifs is 1. The number of nitrogens with one attached hydrogen (secondary N) is 2. The lowest BCUT2D eigenvalue weighted by Crippen LogP contribution is -2.42. The molecule has 0 atom stereocenters. The van der Waals surface area contributed by atoms with Crippen LogP contribution < -0.4 is 10.6 Å². The molecule has 1 heterocycles. The van der Waals surface area contributed by atoms with Gasteiger partial charge in [-0.3, -0.25) is 0 Å². The van der Waals surface area contributed by atoms with Crippen LogP contribution in [0.3, 0.4) is 0 Å². The molecule has 0 fully saturated rings. The summed E-state index contributed by atoms with van der Waals surface area (Å²) in [6.45, 7) is 6.74. The summed E-state index contributed by atoms with van der Waals surface area (Å²) in [5.74, 6) is -0.375. The van der Waals surface area contributed by atoms with Crippen molar-refractivity contribution in [1.82, 2.24) is 0 Å². The number of rotatable bonds is 0. The Morgan fingerprint density at radius 1 is 1.40 bits per heavy atom. The molecule has 0 aromatic heterocycles. The Labute approximate surface area is 93.8 Å². The van der Waals surface area contributed by atoms with Gasteiger partial charge in [0.2, 0.25) is 0 Å². The van der Waals surface area contributed by atoms with Gasteiger partial charge in [-0.05, 0) is 32.4 Å². The van der Waals surface area contributed by atoms with Crippen molar-refractivity contribution in [3.8, 4) is 0 Å². The summed E-state index contributed by atoms with van der Waals surface area (Å²) < 4.78 is 13.4. The van der Waals surface area contributed by atoms with E-state index >= 15 is 0 Å². The lowest BCUT2D eigenvalue weighted by atomic mass is 9.99. The van der Waals surface area contributed by atoms with E-state index in [1.165, 1.54) is 6.07 Å². The lowest BCUT2D eigenvalue weighted by Gasteiger charge is -2.36. The zero-order valence-corrected chi connectivity index (χ0v) is 9.80. The SMILES string of the molecule is Cc1cc(F)c(Cl)c2c1NCC(C)(C)N2. The van der Waals surface area contributed by atoms with Gasteiger partial charge in [0.25, 0.3) is 0 Å². The molecule has 0 saturated heterocycles. The third-order valence-corrected chi connectivity index (χ3v) is 2.96. The number of hydrogen-bond donors (Lipinski definition) is 2. The molecule has 1 aromatic carbocycles. The average molecular weight is 229 g/mol. The van der Waals surface area contributed by atoms with Crippen LogP contribution in [-0.4, -0.2) is 12.1 Å². The van der Waals surface area contributed by atoms with Gasteiger partial charge in [-0.2, -0.15) is 0 Å². The second-order valence-corrected chi connectivity index (χ2v) is 4.98. The zero-order valence-electron chi connectivity index (χ0n) is 9.04. The van der Waals surface area contributed by atoms with Crippen molar-refractivity contribution in [1.29, 1.82) is 0 Å². The first-order chi connectivity index (χ1) is 6.91. The molecular weight excluding hydrogens is 215 g/mol. The van der Waals surface area contributed by atoms with Crippen LogP contribution >= 0.6 is 11.6 Å². The molecule has 0 amide bonds. The largest absolute Gasteiger partial charge is 0.381 e. The van der Waals surface area contributed by atoms with Crippen molar-refractivity contribution in [2.75, 3.05) is 17.2 Å². The predicted octanol–water partition coefficient (Wildman–Crippen LogP) is 3.40. The van der Waals surface area contributed by atoms with Crippen LogP contribution in [0.25, 0.3) is 0 Å². The Morgan fingerprint density at radius 2 is 2.07 bits per heavy atom. The van der Waals surface area contributed by atoms with Crippen molar-refractivity contribution < 1.29 is 4.39 Å². The number of anilines is 2. The molecule has 0 bridgehead atoms. The normalized spacial score (nSPS) is 17.7. The van der Waals surface area contributed by atoms with Crippen molar-refractivity contribution in [3.05, 3.63) is 22.5 Å². The average Bonchev–Trinajstić information content (AvgIpc) is 2.13. The Morgan fingerprint density at radius 3 is 2.73 bits per heavy atom. The van der Waals surface area contributed by atoms with Gasteiger partial charge in [0.05, 0.1) is 11.4 Å². The van der Waals surface area contributed by atoms with Gasteiger partial charge in [0, 0.05) is 12.1 Å². The van der Waals surface area contributed by atoms with Gasteiger partial charge < -0.3 is 10.6 Å². The highest BCUT2D eigenvalue weighted by molar-refractivity contribution is 6.34. The van der Waals surface area contributed by atoms with Gasteiger partial charge in [-0.25, -0.2) is 4.39 Å². The summed E-state index contributed by atoms with van der Waals surface area (Å²) in [4.78, 5) is 0. The monoisotopic (exact) mass is 228 g/mol. The molecule has 1 aliphatic heterocycles. The molecule has 0 saturated carbocycles. The van der Waals surface area contributed by atoms with E-state index in [4.69, 9.17) is 11.6 Å². The van der Waals surface area contributed by atoms with Gasteiger partial charge in [0.15, 0.2) is 0 Å². The number of hydrogen-bond acceptors (Lipinski definition) is 2. The molecule has 2 rings (SSSR count). The number of benzene rings is 1. The summed E-state index contributed by atoms with van der Waals surface area (Å²) >= 11 is 5.93. The first kappa shape index (κ1) is 10.6. The first-order valence-corrected chi connectivity index (χ1v) is 5.29. The Balaban J connectivity index is 2.58. The van der Waals surface area contributed by atoms with E-state index in [9.17, 15) is 4.39 Å². The van der Waals surface area contributed by atoms with Crippen LogP contribution in [0.4, 0.5) is 15.8 Å². The maximum absolute atomic E-state index is 13.4. The molecule has 0 radical (unpaired) electrons. The standard InChI is InChI=1S/C11H14ClFN2/c1-6-4-7(13)8(12)10-9(6)14-5-11(2,3)15-10/h4,14-15H,5H2,1-3H3. The van der Waals surface area contributed by atoms with Gasteiger partial charge in [0.1, 0.15) is 10.8 Å². The van der Waals surface area contributed by atoms with E-state index in [2.05, 4.69) is 10.6 Å². The Bertz CT molecular complexity index is 416. The second-order valence-electron chi connectivity index (χ2n) is 4.60. The molecular formula is C11H14ClFN2. The summed E-state index contributed by atoms with van der Waals surface area (Å²) in [7, 11) is 0. The molecule has 15 heavy (non-hydrogen) atoms. The Hall–Kier alpha value is -0.960. The third kappa shape index (κ3) is 1.76. The minimum atomic E-state index is -0.375. The van der Waals surface area contributed by atoms with Crippen LogP contribution in [0, 0.1) is 12.7 Å². The van der Waals surface area contributed by atoms with Crippen LogP contribution in [-0.2, 0) is 0 Å². The van der Waals surface area contributed by atoms with Gasteiger partial charge in [-0.15, -0.1) is 0 Å². The Kier molecular flexibility index (Phi) is 2.30. The fourth-order valence-electron chi connectivity index (χ4n) is 1.79. The maximum atomic E-state index is 13.4. The summed E-state index contributed by atoms with van der Waals surface area (Å²) in [5.41, 5.74) is 2.33. The molecule has 0 spiro atoms. The quantitative estimate of drug-likeness (QED) is 0.711. The fourth-order valence-corrected chi connectivity index (χ4v) is 1.99. The lowest BCUT2D eigenvalue weighted by molar-refractivity contribution is 0.583. The highest BCUT2D eigenvalue weighted by atomic mass is 35.5. The van der Waals surface area contributed by atoms with E-state index in [0.717, 1.165) is 17.8 Å². The fraction of sp³-hybridized carbons (Fsp3) is 0.455. The maximum Gasteiger partial charge on any atom is 0.144 e.